The van der Waals surface area contributed by atoms with Gasteiger partial charge in [0.05, 0.1) is 6.20 Å². The van der Waals surface area contributed by atoms with Crippen molar-refractivity contribution in [1.29, 1.82) is 0 Å². The molecule has 0 saturated carbocycles. The number of nitrogens with two attached hydrogens (primary N) is 1. The Hall–Kier alpha value is -2.86. The van der Waals surface area contributed by atoms with Gasteiger partial charge in [0.2, 0.25) is 0 Å². The van der Waals surface area contributed by atoms with E-state index in [2.05, 4.69) is 15.6 Å². The Morgan fingerprint density at radius 3 is 2.54 bits per heavy atom. The van der Waals surface area contributed by atoms with Crippen LogP contribution in [0, 0.1) is 13.8 Å². The van der Waals surface area contributed by atoms with E-state index < -0.39 is 0 Å². The highest BCUT2D eigenvalue weighted by Crippen LogP contribution is 2.25. The monoisotopic (exact) mass is 338 g/mol. The summed E-state index contributed by atoms with van der Waals surface area (Å²) in [5, 5.41) is 6.76. The molecule has 24 heavy (non-hydrogen) atoms. The number of para-hydroxylation sites is 1. The smallest absolute Gasteiger partial charge is 0.267 e. The number of anilines is 4. The van der Waals surface area contributed by atoms with Gasteiger partial charge in [0.25, 0.3) is 5.91 Å². The molecular weight excluding hydrogens is 320 g/mol. The minimum atomic E-state index is -0.162. The van der Waals surface area contributed by atoms with Crippen LogP contribution in [0.1, 0.15) is 20.8 Å². The van der Waals surface area contributed by atoms with Crippen molar-refractivity contribution in [2.24, 2.45) is 0 Å². The molecule has 0 radical (unpaired) electrons. The van der Waals surface area contributed by atoms with Crippen molar-refractivity contribution in [3.63, 3.8) is 0 Å². The summed E-state index contributed by atoms with van der Waals surface area (Å²) in [6.45, 7) is 3.95. The van der Waals surface area contributed by atoms with Crippen LogP contribution in [0.5, 0.6) is 0 Å². The topological polar surface area (TPSA) is 80.0 Å². The first kappa shape index (κ1) is 16.0. The van der Waals surface area contributed by atoms with E-state index in [9.17, 15) is 4.79 Å². The number of carbonyl (C=O) groups is 1. The zero-order chi connectivity index (χ0) is 17.1. The molecular formula is C18H18N4OS. The first-order chi connectivity index (χ1) is 11.5. The van der Waals surface area contributed by atoms with Crippen LogP contribution in [0.25, 0.3) is 0 Å². The molecule has 4 N–H and O–H groups in total. The lowest BCUT2D eigenvalue weighted by atomic mass is 10.1. The van der Waals surface area contributed by atoms with E-state index in [1.807, 2.05) is 56.3 Å². The Kier molecular flexibility index (Phi) is 4.48. The Morgan fingerprint density at radius 1 is 1.12 bits per heavy atom. The van der Waals surface area contributed by atoms with Gasteiger partial charge >= 0.3 is 0 Å². The van der Waals surface area contributed by atoms with Crippen LogP contribution in [0.2, 0.25) is 0 Å². The summed E-state index contributed by atoms with van der Waals surface area (Å²) in [6.07, 6.45) is 1.57. The molecule has 1 aromatic heterocycles. The highest BCUT2D eigenvalue weighted by Gasteiger charge is 2.13. The van der Waals surface area contributed by atoms with Crippen molar-refractivity contribution in [2.75, 3.05) is 16.4 Å². The molecule has 0 atom stereocenters. The molecule has 0 aliphatic heterocycles. The van der Waals surface area contributed by atoms with Crippen molar-refractivity contribution < 1.29 is 4.79 Å². The summed E-state index contributed by atoms with van der Waals surface area (Å²) < 4.78 is 0. The van der Waals surface area contributed by atoms with E-state index in [-0.39, 0.29) is 5.91 Å². The average Bonchev–Trinajstić information content (AvgIpc) is 2.99. The second-order valence-corrected chi connectivity index (χ2v) is 6.53. The molecule has 5 nitrogen and oxygen atoms in total. The summed E-state index contributed by atoms with van der Waals surface area (Å²) in [5.74, 6) is -0.162. The fourth-order valence-corrected chi connectivity index (χ4v) is 3.10. The minimum Gasteiger partial charge on any atom is -0.399 e. The standard InChI is InChI=1S/C18H18N4OS/c1-11-5-3-6-12(2)16(11)22-17(23)15-10-20-18(24-15)21-14-8-4-7-13(19)9-14/h3-10H,19H2,1-2H3,(H,20,21)(H,22,23). The van der Waals surface area contributed by atoms with Crippen LogP contribution in [0.15, 0.2) is 48.7 Å². The van der Waals surface area contributed by atoms with E-state index in [4.69, 9.17) is 5.73 Å². The van der Waals surface area contributed by atoms with Crippen LogP contribution in [0.3, 0.4) is 0 Å². The van der Waals surface area contributed by atoms with Gasteiger partial charge in [-0.15, -0.1) is 0 Å². The molecule has 0 saturated heterocycles. The van der Waals surface area contributed by atoms with Gasteiger partial charge in [-0.1, -0.05) is 35.6 Å². The Labute approximate surface area is 144 Å². The van der Waals surface area contributed by atoms with E-state index in [1.54, 1.807) is 6.20 Å². The highest BCUT2D eigenvalue weighted by atomic mass is 32.1. The zero-order valence-corrected chi connectivity index (χ0v) is 14.3. The average molecular weight is 338 g/mol. The molecule has 0 unspecified atom stereocenters. The van der Waals surface area contributed by atoms with Gasteiger partial charge in [-0.3, -0.25) is 4.79 Å². The number of thiazole rings is 1. The predicted octanol–water partition coefficient (Wildman–Crippen LogP) is 4.34. The lowest BCUT2D eigenvalue weighted by molar-refractivity contribution is 0.103. The number of benzene rings is 2. The van der Waals surface area contributed by atoms with Crippen LogP contribution < -0.4 is 16.4 Å². The van der Waals surface area contributed by atoms with Gasteiger partial charge in [0.15, 0.2) is 5.13 Å². The number of amides is 1. The summed E-state index contributed by atoms with van der Waals surface area (Å²) in [7, 11) is 0. The molecule has 0 fully saturated rings. The lowest BCUT2D eigenvalue weighted by Crippen LogP contribution is -2.12. The summed E-state index contributed by atoms with van der Waals surface area (Å²) in [5.41, 5.74) is 10.2. The third-order valence-electron chi connectivity index (χ3n) is 3.59. The first-order valence-corrected chi connectivity index (χ1v) is 8.30. The van der Waals surface area contributed by atoms with Gasteiger partial charge in [-0.2, -0.15) is 0 Å². The third kappa shape index (κ3) is 3.55. The number of nitrogen functional groups attached to an aromatic ring is 1. The van der Waals surface area contributed by atoms with Crippen molar-refractivity contribution >= 4 is 39.4 Å². The molecule has 1 heterocycles. The van der Waals surface area contributed by atoms with Gasteiger partial charge < -0.3 is 16.4 Å². The van der Waals surface area contributed by atoms with Crippen molar-refractivity contribution in [2.45, 2.75) is 13.8 Å². The van der Waals surface area contributed by atoms with Gasteiger partial charge in [-0.25, -0.2) is 4.98 Å². The number of rotatable bonds is 4. The molecule has 0 spiro atoms. The molecule has 3 aromatic rings. The largest absolute Gasteiger partial charge is 0.399 e. The number of nitrogens with zero attached hydrogens (tertiary/aromatic N) is 1. The molecule has 1 amide bonds. The Morgan fingerprint density at radius 2 is 1.83 bits per heavy atom. The normalized spacial score (nSPS) is 10.4. The maximum absolute atomic E-state index is 12.4. The number of carbonyl (C=O) groups excluding carboxylic acids is 1. The highest BCUT2D eigenvalue weighted by molar-refractivity contribution is 7.17. The maximum Gasteiger partial charge on any atom is 0.267 e. The van der Waals surface area contributed by atoms with Crippen LogP contribution in [0.4, 0.5) is 22.2 Å². The van der Waals surface area contributed by atoms with Gasteiger partial charge in [0.1, 0.15) is 4.88 Å². The first-order valence-electron chi connectivity index (χ1n) is 7.49. The number of hydrogen-bond acceptors (Lipinski definition) is 5. The van der Waals surface area contributed by atoms with Crippen molar-refractivity contribution in [3.05, 3.63) is 64.7 Å². The maximum atomic E-state index is 12.4. The molecule has 122 valence electrons. The van der Waals surface area contributed by atoms with Crippen LogP contribution in [-0.4, -0.2) is 10.9 Å². The minimum absolute atomic E-state index is 0.162. The van der Waals surface area contributed by atoms with E-state index >= 15 is 0 Å². The molecule has 2 aromatic carbocycles. The summed E-state index contributed by atoms with van der Waals surface area (Å²) >= 11 is 1.30. The lowest BCUT2D eigenvalue weighted by Gasteiger charge is -2.10. The second-order valence-electron chi connectivity index (χ2n) is 5.50. The van der Waals surface area contributed by atoms with Crippen LogP contribution in [-0.2, 0) is 0 Å². The van der Waals surface area contributed by atoms with Gasteiger partial charge in [-0.05, 0) is 43.2 Å². The van der Waals surface area contributed by atoms with E-state index in [1.165, 1.54) is 11.3 Å². The van der Waals surface area contributed by atoms with Crippen molar-refractivity contribution in [3.8, 4) is 0 Å². The molecule has 0 aliphatic carbocycles. The van der Waals surface area contributed by atoms with E-state index in [0.717, 1.165) is 22.5 Å². The number of hydrogen-bond donors (Lipinski definition) is 3. The number of nitrogens with one attached hydrogen (secondary N) is 2. The Bertz CT molecular complexity index is 868. The fourth-order valence-electron chi connectivity index (χ4n) is 2.36. The van der Waals surface area contributed by atoms with Gasteiger partial charge in [0, 0.05) is 17.1 Å². The Balaban J connectivity index is 1.74. The van der Waals surface area contributed by atoms with Crippen molar-refractivity contribution in [1.82, 2.24) is 4.98 Å². The summed E-state index contributed by atoms with van der Waals surface area (Å²) in [6, 6.07) is 13.3. The molecule has 0 bridgehead atoms. The number of aromatic nitrogens is 1. The quantitative estimate of drug-likeness (QED) is 0.618. The second kappa shape index (κ2) is 6.72. The SMILES string of the molecule is Cc1cccc(C)c1NC(=O)c1cnc(Nc2cccc(N)c2)s1. The van der Waals surface area contributed by atoms with Crippen LogP contribution >= 0.6 is 11.3 Å². The zero-order valence-electron chi connectivity index (χ0n) is 13.5. The molecule has 0 aliphatic rings. The third-order valence-corrected chi connectivity index (χ3v) is 4.50. The fraction of sp³-hybridized carbons (Fsp3) is 0.111. The molecule has 6 heteroatoms. The number of aryl methyl sites for hydroxylation is 2. The summed E-state index contributed by atoms with van der Waals surface area (Å²) in [4.78, 5) is 17.2. The molecule has 3 rings (SSSR count). The van der Waals surface area contributed by atoms with E-state index in [0.29, 0.717) is 15.7 Å². The predicted molar refractivity (Wildman–Crippen MR) is 100 cm³/mol.